The smallest absolute Gasteiger partial charge is 0.326 e. The Hall–Kier alpha value is -2.14. The topological polar surface area (TPSA) is 138 Å². The SMILES string of the molecule is O=C(O)CNC(=O)[C@H](CS)NC(=O)CCC(C(=O)O)n1ccc(S)c1. The molecule has 25 heavy (non-hydrogen) atoms. The number of hydrogen-bond acceptors (Lipinski definition) is 6. The van der Waals surface area contributed by atoms with Gasteiger partial charge in [-0.05, 0) is 12.5 Å². The number of aliphatic carboxylic acids is 2. The number of thiol groups is 2. The molecule has 0 spiro atoms. The van der Waals surface area contributed by atoms with Gasteiger partial charge in [0.1, 0.15) is 18.6 Å². The normalized spacial score (nSPS) is 12.9. The molecular weight excluding hydrogens is 370 g/mol. The van der Waals surface area contributed by atoms with Crippen LogP contribution in [-0.2, 0) is 19.2 Å². The number of rotatable bonds is 10. The van der Waals surface area contributed by atoms with E-state index < -0.39 is 42.4 Å². The molecule has 0 aliphatic rings. The summed E-state index contributed by atoms with van der Waals surface area (Å²) >= 11 is 8.05. The van der Waals surface area contributed by atoms with Gasteiger partial charge in [-0.1, -0.05) is 0 Å². The van der Waals surface area contributed by atoms with Gasteiger partial charge in [0, 0.05) is 29.5 Å². The van der Waals surface area contributed by atoms with E-state index in [1.54, 1.807) is 12.3 Å². The van der Waals surface area contributed by atoms with Crippen LogP contribution in [0.5, 0.6) is 0 Å². The minimum absolute atomic E-state index is 0.0130. The van der Waals surface area contributed by atoms with Crippen LogP contribution in [0.2, 0.25) is 0 Å². The molecule has 9 nitrogen and oxygen atoms in total. The van der Waals surface area contributed by atoms with Crippen LogP contribution in [0.4, 0.5) is 0 Å². The van der Waals surface area contributed by atoms with Crippen molar-refractivity contribution in [2.24, 2.45) is 0 Å². The van der Waals surface area contributed by atoms with Crippen molar-refractivity contribution in [2.45, 2.75) is 29.8 Å². The Morgan fingerprint density at radius 2 is 1.92 bits per heavy atom. The standard InChI is InChI=1S/C14H19N3O6S2/c18-11(16-9(7-24)13(21)15-5-12(19)20)2-1-10(14(22)23)17-4-3-8(25)6-17/h3-4,6,9-10,24-25H,1-2,5,7H2,(H,15,21)(H,16,18)(H,19,20)(H,22,23)/t9-,10?/m0/s1. The number of carboxylic acid groups (broad SMARTS) is 2. The third-order valence-corrected chi connectivity index (χ3v) is 3.87. The summed E-state index contributed by atoms with van der Waals surface area (Å²) in [5.74, 6) is -3.54. The zero-order valence-electron chi connectivity index (χ0n) is 13.1. The van der Waals surface area contributed by atoms with Crippen LogP contribution < -0.4 is 10.6 Å². The molecule has 1 aromatic rings. The lowest BCUT2D eigenvalue weighted by Crippen LogP contribution is -2.49. The predicted octanol–water partition coefficient (Wildman–Crippen LogP) is -0.202. The second kappa shape index (κ2) is 9.99. The molecule has 0 aliphatic carbocycles. The third-order valence-electron chi connectivity index (χ3n) is 3.24. The monoisotopic (exact) mass is 389 g/mol. The van der Waals surface area contributed by atoms with E-state index in [0.717, 1.165) is 0 Å². The molecule has 0 fully saturated rings. The zero-order chi connectivity index (χ0) is 19.0. The second-order valence-corrected chi connectivity index (χ2v) is 6.01. The van der Waals surface area contributed by atoms with Crippen molar-refractivity contribution >= 4 is 49.0 Å². The first-order chi connectivity index (χ1) is 11.7. The van der Waals surface area contributed by atoms with E-state index in [-0.39, 0.29) is 18.6 Å². The summed E-state index contributed by atoms with van der Waals surface area (Å²) in [5, 5.41) is 22.3. The van der Waals surface area contributed by atoms with Crippen molar-refractivity contribution in [3.63, 3.8) is 0 Å². The highest BCUT2D eigenvalue weighted by atomic mass is 32.1. The Balaban J connectivity index is 2.57. The minimum Gasteiger partial charge on any atom is -0.480 e. The van der Waals surface area contributed by atoms with Gasteiger partial charge in [-0.15, -0.1) is 12.6 Å². The van der Waals surface area contributed by atoms with Gasteiger partial charge in [0.05, 0.1) is 0 Å². The van der Waals surface area contributed by atoms with E-state index in [1.165, 1.54) is 10.8 Å². The number of nitrogens with one attached hydrogen (secondary N) is 2. The van der Waals surface area contributed by atoms with Crippen LogP contribution >= 0.6 is 25.3 Å². The van der Waals surface area contributed by atoms with E-state index in [2.05, 4.69) is 35.9 Å². The molecule has 1 heterocycles. The van der Waals surface area contributed by atoms with Crippen LogP contribution in [0.25, 0.3) is 0 Å². The lowest BCUT2D eigenvalue weighted by molar-refractivity contribution is -0.141. The fraction of sp³-hybridized carbons (Fsp3) is 0.429. The third kappa shape index (κ3) is 7.10. The predicted molar refractivity (Wildman–Crippen MR) is 94.0 cm³/mol. The first kappa shape index (κ1) is 20.9. The van der Waals surface area contributed by atoms with Crippen molar-refractivity contribution in [3.05, 3.63) is 18.5 Å². The van der Waals surface area contributed by atoms with Crippen molar-refractivity contribution in [2.75, 3.05) is 12.3 Å². The molecule has 2 atom stereocenters. The lowest BCUT2D eigenvalue weighted by Gasteiger charge is -2.17. The molecule has 11 heteroatoms. The van der Waals surface area contributed by atoms with E-state index in [1.807, 2.05) is 0 Å². The lowest BCUT2D eigenvalue weighted by atomic mass is 10.1. The molecular formula is C14H19N3O6S2. The maximum atomic E-state index is 12.0. The van der Waals surface area contributed by atoms with Gasteiger partial charge < -0.3 is 25.4 Å². The largest absolute Gasteiger partial charge is 0.480 e. The van der Waals surface area contributed by atoms with Crippen molar-refractivity contribution in [3.8, 4) is 0 Å². The summed E-state index contributed by atoms with van der Waals surface area (Å²) in [6.07, 6.45) is 2.97. The zero-order valence-corrected chi connectivity index (χ0v) is 14.9. The van der Waals surface area contributed by atoms with Crippen LogP contribution in [0.3, 0.4) is 0 Å². The maximum absolute atomic E-state index is 12.0. The molecule has 0 saturated heterocycles. The molecule has 0 saturated carbocycles. The first-order valence-electron chi connectivity index (χ1n) is 7.23. The first-order valence-corrected chi connectivity index (χ1v) is 8.31. The quantitative estimate of drug-likeness (QED) is 0.307. The number of carbonyl (C=O) groups excluding carboxylic acids is 2. The van der Waals surface area contributed by atoms with E-state index in [4.69, 9.17) is 5.11 Å². The number of amides is 2. The van der Waals surface area contributed by atoms with Crippen molar-refractivity contribution in [1.82, 2.24) is 15.2 Å². The number of carbonyl (C=O) groups is 4. The molecule has 1 rings (SSSR count). The summed E-state index contributed by atoms with van der Waals surface area (Å²) in [5.41, 5.74) is 0. The van der Waals surface area contributed by atoms with Gasteiger partial charge >= 0.3 is 11.9 Å². The molecule has 0 bridgehead atoms. The second-order valence-electron chi connectivity index (χ2n) is 5.12. The van der Waals surface area contributed by atoms with E-state index in [9.17, 15) is 24.3 Å². The summed E-state index contributed by atoms with van der Waals surface area (Å²) < 4.78 is 1.44. The summed E-state index contributed by atoms with van der Waals surface area (Å²) in [7, 11) is 0. The van der Waals surface area contributed by atoms with Crippen LogP contribution in [0.15, 0.2) is 23.4 Å². The highest BCUT2D eigenvalue weighted by Crippen LogP contribution is 2.18. The highest BCUT2D eigenvalue weighted by Gasteiger charge is 2.23. The molecule has 138 valence electrons. The fourth-order valence-electron chi connectivity index (χ4n) is 2.01. The number of aromatic nitrogens is 1. The van der Waals surface area contributed by atoms with Gasteiger partial charge in [0.25, 0.3) is 0 Å². The maximum Gasteiger partial charge on any atom is 0.326 e. The highest BCUT2D eigenvalue weighted by molar-refractivity contribution is 7.80. The van der Waals surface area contributed by atoms with E-state index >= 15 is 0 Å². The Kier molecular flexibility index (Phi) is 8.35. The molecule has 2 amide bonds. The Morgan fingerprint density at radius 1 is 1.24 bits per heavy atom. The van der Waals surface area contributed by atoms with Gasteiger partial charge in [0.15, 0.2) is 0 Å². The molecule has 0 radical (unpaired) electrons. The molecule has 1 unspecified atom stereocenters. The number of nitrogens with zero attached hydrogens (tertiary/aromatic N) is 1. The Morgan fingerprint density at radius 3 is 2.40 bits per heavy atom. The van der Waals surface area contributed by atoms with Gasteiger partial charge in [-0.25, -0.2) is 4.79 Å². The van der Waals surface area contributed by atoms with Gasteiger partial charge in [-0.2, -0.15) is 12.6 Å². The fourth-order valence-corrected chi connectivity index (χ4v) is 2.47. The summed E-state index contributed by atoms with van der Waals surface area (Å²) in [6.45, 7) is -0.570. The Bertz CT molecular complexity index is 648. The Labute approximate surface area is 154 Å². The van der Waals surface area contributed by atoms with Crippen LogP contribution in [0.1, 0.15) is 18.9 Å². The molecule has 4 N–H and O–H groups in total. The minimum atomic E-state index is -1.21. The van der Waals surface area contributed by atoms with Crippen molar-refractivity contribution < 1.29 is 29.4 Å². The molecule has 0 aromatic carbocycles. The molecule has 0 aliphatic heterocycles. The van der Waals surface area contributed by atoms with Crippen LogP contribution in [-0.4, -0.2) is 56.9 Å². The summed E-state index contributed by atoms with van der Waals surface area (Å²) in [4.78, 5) is 46.1. The summed E-state index contributed by atoms with van der Waals surface area (Å²) in [6, 6.07) is -0.320. The van der Waals surface area contributed by atoms with Crippen molar-refractivity contribution in [1.29, 1.82) is 0 Å². The van der Waals surface area contributed by atoms with E-state index in [0.29, 0.717) is 4.90 Å². The van der Waals surface area contributed by atoms with Crippen LogP contribution in [0, 0.1) is 0 Å². The molecule has 1 aromatic heterocycles. The van der Waals surface area contributed by atoms with Gasteiger partial charge in [0.2, 0.25) is 11.8 Å². The average Bonchev–Trinajstić information content (AvgIpc) is 2.96. The van der Waals surface area contributed by atoms with Gasteiger partial charge in [-0.3, -0.25) is 14.4 Å². The number of carboxylic acids is 2. The number of hydrogen-bond donors (Lipinski definition) is 6. The average molecular weight is 389 g/mol.